The molecule has 1 unspecified atom stereocenters. The zero-order chi connectivity index (χ0) is 17.6. The molecule has 4 nitrogen and oxygen atoms in total. The van der Waals surface area contributed by atoms with Gasteiger partial charge in [0.15, 0.2) is 5.43 Å². The maximum atomic E-state index is 12.9. The molecule has 2 heterocycles. The van der Waals surface area contributed by atoms with Crippen LogP contribution in [-0.2, 0) is 0 Å². The van der Waals surface area contributed by atoms with Crippen LogP contribution in [-0.4, -0.2) is 18.2 Å². The average Bonchev–Trinajstić information content (AvgIpc) is 2.51. The predicted molar refractivity (Wildman–Crippen MR) is 97.8 cm³/mol. The van der Waals surface area contributed by atoms with E-state index >= 15 is 0 Å². The van der Waals surface area contributed by atoms with Crippen LogP contribution in [0.4, 0.5) is 5.88 Å². The first kappa shape index (κ1) is 17.0. The maximum Gasteiger partial charge on any atom is 0.202 e. The van der Waals surface area contributed by atoms with Gasteiger partial charge in [0.05, 0.1) is 17.1 Å². The Balaban J connectivity index is 2.17. The lowest BCUT2D eigenvalue weighted by Crippen LogP contribution is -2.38. The molecule has 4 heteroatoms. The van der Waals surface area contributed by atoms with E-state index in [4.69, 9.17) is 4.42 Å². The summed E-state index contributed by atoms with van der Waals surface area (Å²) in [6.45, 7) is 11.8. The van der Waals surface area contributed by atoms with Crippen LogP contribution in [0.25, 0.3) is 11.0 Å². The summed E-state index contributed by atoms with van der Waals surface area (Å²) in [5, 5.41) is 10.7. The number of benzene rings is 1. The van der Waals surface area contributed by atoms with Crippen LogP contribution in [0.5, 0.6) is 0 Å². The van der Waals surface area contributed by atoms with E-state index in [1.54, 1.807) is 6.92 Å². The number of hydrogen-bond donors (Lipinski definition) is 1. The maximum absolute atomic E-state index is 12.9. The number of aliphatic hydroxyl groups is 1. The second-order valence-corrected chi connectivity index (χ2v) is 7.92. The van der Waals surface area contributed by atoms with Gasteiger partial charge in [0, 0.05) is 18.7 Å². The number of aryl methyl sites for hydroxylation is 1. The van der Waals surface area contributed by atoms with E-state index in [0.29, 0.717) is 33.4 Å². The monoisotopic (exact) mass is 329 g/mol. The summed E-state index contributed by atoms with van der Waals surface area (Å²) >= 11 is 0. The standard InChI is InChI=1S/C20H27NO3/c1-12-10-15(14(3)22)18-16(11-12)17(23)13(2)19(24-18)21-8-6-20(4,5)7-9-21/h10-11,14,22H,6-9H2,1-5H3. The lowest BCUT2D eigenvalue weighted by Gasteiger charge is -2.37. The Morgan fingerprint density at radius 3 is 2.42 bits per heavy atom. The van der Waals surface area contributed by atoms with Gasteiger partial charge in [-0.1, -0.05) is 13.8 Å². The van der Waals surface area contributed by atoms with E-state index in [9.17, 15) is 9.90 Å². The molecule has 0 bridgehead atoms. The van der Waals surface area contributed by atoms with Crippen molar-refractivity contribution in [1.82, 2.24) is 0 Å². The Labute approximate surface area is 143 Å². The highest BCUT2D eigenvalue weighted by molar-refractivity contribution is 5.83. The van der Waals surface area contributed by atoms with Crippen LogP contribution in [0, 0.1) is 19.3 Å². The van der Waals surface area contributed by atoms with E-state index in [-0.39, 0.29) is 5.43 Å². The highest BCUT2D eigenvalue weighted by Crippen LogP contribution is 2.35. The number of nitrogens with zero attached hydrogens (tertiary/aromatic N) is 1. The van der Waals surface area contributed by atoms with Crippen molar-refractivity contribution in [2.75, 3.05) is 18.0 Å². The Morgan fingerprint density at radius 2 is 1.83 bits per heavy atom. The smallest absolute Gasteiger partial charge is 0.202 e. The van der Waals surface area contributed by atoms with Gasteiger partial charge in [-0.25, -0.2) is 0 Å². The molecule has 3 rings (SSSR count). The summed E-state index contributed by atoms with van der Waals surface area (Å²) in [4.78, 5) is 15.1. The molecular weight excluding hydrogens is 302 g/mol. The lowest BCUT2D eigenvalue weighted by atomic mass is 9.82. The number of rotatable bonds is 2. The highest BCUT2D eigenvalue weighted by Gasteiger charge is 2.28. The molecule has 0 spiro atoms. The van der Waals surface area contributed by atoms with Gasteiger partial charge in [-0.2, -0.15) is 0 Å². The zero-order valence-corrected chi connectivity index (χ0v) is 15.3. The molecule has 1 fully saturated rings. The molecule has 1 N–H and O–H groups in total. The Bertz CT molecular complexity index is 823. The van der Waals surface area contributed by atoms with Crippen molar-refractivity contribution in [3.8, 4) is 0 Å². The van der Waals surface area contributed by atoms with Gasteiger partial charge >= 0.3 is 0 Å². The molecule has 0 amide bonds. The summed E-state index contributed by atoms with van der Waals surface area (Å²) in [5.74, 6) is 0.661. The fourth-order valence-electron chi connectivity index (χ4n) is 3.48. The molecule has 1 aromatic heterocycles. The van der Waals surface area contributed by atoms with Gasteiger partial charge in [0.25, 0.3) is 0 Å². The van der Waals surface area contributed by atoms with E-state index < -0.39 is 6.10 Å². The van der Waals surface area contributed by atoms with Crippen molar-refractivity contribution in [1.29, 1.82) is 0 Å². The first-order valence-electron chi connectivity index (χ1n) is 8.70. The second-order valence-electron chi connectivity index (χ2n) is 7.92. The Kier molecular flexibility index (Phi) is 4.20. The minimum absolute atomic E-state index is 0.00156. The quantitative estimate of drug-likeness (QED) is 0.901. The van der Waals surface area contributed by atoms with Crippen molar-refractivity contribution < 1.29 is 9.52 Å². The van der Waals surface area contributed by atoms with E-state index in [2.05, 4.69) is 18.7 Å². The normalized spacial score (nSPS) is 18.8. The Hall–Kier alpha value is -1.81. The topological polar surface area (TPSA) is 53.7 Å². The number of fused-ring (bicyclic) bond motifs is 1. The molecule has 1 aromatic carbocycles. The first-order valence-corrected chi connectivity index (χ1v) is 8.70. The minimum Gasteiger partial charge on any atom is -0.440 e. The summed E-state index contributed by atoms with van der Waals surface area (Å²) in [6, 6.07) is 3.75. The van der Waals surface area contributed by atoms with Gasteiger partial charge in [0.2, 0.25) is 5.88 Å². The first-order chi connectivity index (χ1) is 11.2. The molecule has 1 saturated heterocycles. The molecule has 130 valence electrons. The Morgan fingerprint density at radius 1 is 1.21 bits per heavy atom. The van der Waals surface area contributed by atoms with Crippen LogP contribution in [0.15, 0.2) is 21.3 Å². The largest absolute Gasteiger partial charge is 0.440 e. The van der Waals surface area contributed by atoms with Crippen molar-refractivity contribution >= 4 is 16.9 Å². The molecule has 0 radical (unpaired) electrons. The highest BCUT2D eigenvalue weighted by atomic mass is 16.4. The molecule has 0 saturated carbocycles. The van der Waals surface area contributed by atoms with Gasteiger partial charge in [-0.05, 0) is 56.7 Å². The summed E-state index contributed by atoms with van der Waals surface area (Å²) in [6.07, 6.45) is 1.47. The SMILES string of the molecule is Cc1cc(C(C)O)c2oc(N3CCC(C)(C)CC3)c(C)c(=O)c2c1. The molecule has 2 aromatic rings. The van der Waals surface area contributed by atoms with Crippen molar-refractivity contribution in [2.24, 2.45) is 5.41 Å². The summed E-state index contributed by atoms with van der Waals surface area (Å²) in [7, 11) is 0. The van der Waals surface area contributed by atoms with Gasteiger partial charge in [-0.3, -0.25) is 4.79 Å². The molecule has 1 atom stereocenters. The van der Waals surface area contributed by atoms with E-state index in [1.165, 1.54) is 0 Å². The van der Waals surface area contributed by atoms with Gasteiger partial charge in [0.1, 0.15) is 5.58 Å². The molecule has 0 aliphatic carbocycles. The molecule has 24 heavy (non-hydrogen) atoms. The van der Waals surface area contributed by atoms with Crippen molar-refractivity contribution in [3.05, 3.63) is 39.0 Å². The van der Waals surface area contributed by atoms with Crippen molar-refractivity contribution in [2.45, 2.75) is 53.6 Å². The fraction of sp³-hybridized carbons (Fsp3) is 0.550. The predicted octanol–water partition coefficient (Wildman–Crippen LogP) is 4.09. The van der Waals surface area contributed by atoms with Crippen LogP contribution in [0.3, 0.4) is 0 Å². The number of anilines is 1. The average molecular weight is 329 g/mol. The summed E-state index contributed by atoms with van der Waals surface area (Å²) in [5.41, 5.74) is 3.15. The van der Waals surface area contributed by atoms with Crippen molar-refractivity contribution in [3.63, 3.8) is 0 Å². The third-order valence-electron chi connectivity index (χ3n) is 5.22. The van der Waals surface area contributed by atoms with E-state index in [1.807, 2.05) is 26.0 Å². The molecule has 1 aliphatic rings. The third kappa shape index (κ3) is 2.95. The summed E-state index contributed by atoms with van der Waals surface area (Å²) < 4.78 is 6.19. The van der Waals surface area contributed by atoms with E-state index in [0.717, 1.165) is 31.5 Å². The molecule has 1 aliphatic heterocycles. The fourth-order valence-corrected chi connectivity index (χ4v) is 3.48. The minimum atomic E-state index is -0.675. The lowest BCUT2D eigenvalue weighted by molar-refractivity contribution is 0.199. The second kappa shape index (κ2) is 5.92. The van der Waals surface area contributed by atoms with Crippen LogP contribution < -0.4 is 10.3 Å². The number of aliphatic hydroxyl groups excluding tert-OH is 1. The third-order valence-corrected chi connectivity index (χ3v) is 5.22. The molecular formula is C20H27NO3. The van der Waals surface area contributed by atoms with Crippen LogP contribution in [0.1, 0.15) is 56.4 Å². The number of hydrogen-bond acceptors (Lipinski definition) is 4. The van der Waals surface area contributed by atoms with Crippen LogP contribution in [0.2, 0.25) is 0 Å². The van der Waals surface area contributed by atoms with Gasteiger partial charge < -0.3 is 14.4 Å². The van der Waals surface area contributed by atoms with Gasteiger partial charge in [-0.15, -0.1) is 0 Å². The van der Waals surface area contributed by atoms with Crippen LogP contribution >= 0.6 is 0 Å². The zero-order valence-electron chi connectivity index (χ0n) is 15.3. The number of piperidine rings is 1.